The highest BCUT2D eigenvalue weighted by Crippen LogP contribution is 2.14. The third-order valence-electron chi connectivity index (χ3n) is 5.21. The zero-order valence-corrected chi connectivity index (χ0v) is 18.0. The normalized spacial score (nSPS) is 17.4. The number of nitrogens with zero attached hydrogens (tertiary/aromatic N) is 4. The van der Waals surface area contributed by atoms with Crippen molar-refractivity contribution in [1.82, 2.24) is 25.3 Å². The SMILES string of the molecule is CCNC(=NCc1c(C)nn(C)c1C)NCC(CC(C)C)N1CCOCC1. The average Bonchev–Trinajstić information content (AvgIpc) is 2.88. The second-order valence-corrected chi connectivity index (χ2v) is 7.78. The molecule has 1 aromatic rings. The predicted octanol–water partition coefficient (Wildman–Crippen LogP) is 1.84. The molecular weight excluding hydrogens is 340 g/mol. The maximum atomic E-state index is 5.52. The molecule has 0 saturated carbocycles. The summed E-state index contributed by atoms with van der Waals surface area (Å²) < 4.78 is 7.45. The second kappa shape index (κ2) is 10.7. The van der Waals surface area contributed by atoms with E-state index in [0.29, 0.717) is 18.5 Å². The highest BCUT2D eigenvalue weighted by Gasteiger charge is 2.22. The first-order valence-corrected chi connectivity index (χ1v) is 10.2. The van der Waals surface area contributed by atoms with Gasteiger partial charge in [-0.1, -0.05) is 13.8 Å². The molecule has 0 aliphatic carbocycles. The third kappa shape index (κ3) is 6.50. The van der Waals surface area contributed by atoms with E-state index in [0.717, 1.165) is 51.0 Å². The molecule has 27 heavy (non-hydrogen) atoms. The van der Waals surface area contributed by atoms with Crippen LogP contribution in [0.2, 0.25) is 0 Å². The van der Waals surface area contributed by atoms with Crippen molar-refractivity contribution in [2.45, 2.75) is 53.6 Å². The highest BCUT2D eigenvalue weighted by atomic mass is 16.5. The average molecular weight is 379 g/mol. The van der Waals surface area contributed by atoms with Gasteiger partial charge in [0.2, 0.25) is 0 Å². The number of aliphatic imine (C=N–C) groups is 1. The molecule has 1 unspecified atom stereocenters. The molecule has 0 radical (unpaired) electrons. The lowest BCUT2D eigenvalue weighted by Gasteiger charge is -2.35. The van der Waals surface area contributed by atoms with Gasteiger partial charge in [-0.2, -0.15) is 5.10 Å². The fraction of sp³-hybridized carbons (Fsp3) is 0.800. The first kappa shape index (κ1) is 21.7. The van der Waals surface area contributed by atoms with Gasteiger partial charge in [-0.05, 0) is 33.1 Å². The summed E-state index contributed by atoms with van der Waals surface area (Å²) in [6.45, 7) is 16.9. The quantitative estimate of drug-likeness (QED) is 0.534. The molecule has 1 aromatic heterocycles. The van der Waals surface area contributed by atoms with Crippen LogP contribution in [0.4, 0.5) is 0 Å². The van der Waals surface area contributed by atoms with E-state index in [2.05, 4.69) is 55.3 Å². The fourth-order valence-electron chi connectivity index (χ4n) is 3.61. The fourth-order valence-corrected chi connectivity index (χ4v) is 3.61. The summed E-state index contributed by atoms with van der Waals surface area (Å²) in [5.41, 5.74) is 3.44. The minimum absolute atomic E-state index is 0.500. The largest absolute Gasteiger partial charge is 0.379 e. The Kier molecular flexibility index (Phi) is 8.57. The second-order valence-electron chi connectivity index (χ2n) is 7.78. The van der Waals surface area contributed by atoms with Crippen LogP contribution < -0.4 is 10.6 Å². The van der Waals surface area contributed by atoms with Crippen LogP contribution in [-0.2, 0) is 18.3 Å². The number of hydrogen-bond acceptors (Lipinski definition) is 4. The first-order valence-electron chi connectivity index (χ1n) is 10.2. The van der Waals surface area contributed by atoms with E-state index in [4.69, 9.17) is 9.73 Å². The van der Waals surface area contributed by atoms with Crippen LogP contribution in [0.3, 0.4) is 0 Å². The molecule has 0 spiro atoms. The summed E-state index contributed by atoms with van der Waals surface area (Å²) in [5, 5.41) is 11.4. The smallest absolute Gasteiger partial charge is 0.191 e. The summed E-state index contributed by atoms with van der Waals surface area (Å²) >= 11 is 0. The van der Waals surface area contributed by atoms with Crippen molar-refractivity contribution in [1.29, 1.82) is 0 Å². The van der Waals surface area contributed by atoms with Gasteiger partial charge in [-0.25, -0.2) is 4.99 Å². The lowest BCUT2D eigenvalue weighted by Crippen LogP contribution is -2.51. The van der Waals surface area contributed by atoms with Crippen molar-refractivity contribution in [3.8, 4) is 0 Å². The van der Waals surface area contributed by atoms with Crippen LogP contribution in [0.1, 0.15) is 44.1 Å². The molecule has 7 nitrogen and oxygen atoms in total. The molecular formula is C20H38N6O. The number of aryl methyl sites for hydroxylation is 2. The van der Waals surface area contributed by atoms with Gasteiger partial charge in [0.1, 0.15) is 0 Å². The predicted molar refractivity (Wildman–Crippen MR) is 111 cm³/mol. The van der Waals surface area contributed by atoms with Gasteiger partial charge in [-0.15, -0.1) is 0 Å². The van der Waals surface area contributed by atoms with Crippen molar-refractivity contribution in [3.05, 3.63) is 17.0 Å². The standard InChI is InChI=1S/C20H38N6O/c1-7-21-20(23-14-19-16(4)24-25(6)17(19)5)22-13-18(12-15(2)3)26-8-10-27-11-9-26/h15,18H,7-14H2,1-6H3,(H2,21,22,23). The van der Waals surface area contributed by atoms with Gasteiger partial charge >= 0.3 is 0 Å². The Morgan fingerprint density at radius 3 is 2.48 bits per heavy atom. The summed E-state index contributed by atoms with van der Waals surface area (Å²) in [6, 6.07) is 0.500. The Labute approximate surface area is 164 Å². The van der Waals surface area contributed by atoms with Crippen molar-refractivity contribution in [3.63, 3.8) is 0 Å². The molecule has 2 rings (SSSR count). The van der Waals surface area contributed by atoms with Crippen molar-refractivity contribution >= 4 is 5.96 Å². The minimum Gasteiger partial charge on any atom is -0.379 e. The number of guanidine groups is 1. The summed E-state index contributed by atoms with van der Waals surface area (Å²) in [5.74, 6) is 1.54. The van der Waals surface area contributed by atoms with Crippen molar-refractivity contribution in [2.75, 3.05) is 39.4 Å². The van der Waals surface area contributed by atoms with E-state index in [1.165, 1.54) is 17.7 Å². The van der Waals surface area contributed by atoms with Crippen LogP contribution in [0.5, 0.6) is 0 Å². The van der Waals surface area contributed by atoms with E-state index in [-0.39, 0.29) is 0 Å². The molecule has 1 atom stereocenters. The van der Waals surface area contributed by atoms with Crippen molar-refractivity contribution < 1.29 is 4.74 Å². The maximum absolute atomic E-state index is 5.52. The number of ether oxygens (including phenoxy) is 1. The molecule has 154 valence electrons. The lowest BCUT2D eigenvalue weighted by molar-refractivity contribution is 0.0132. The Bertz CT molecular complexity index is 604. The molecule has 1 saturated heterocycles. The molecule has 2 N–H and O–H groups in total. The van der Waals surface area contributed by atoms with E-state index in [1.54, 1.807) is 0 Å². The highest BCUT2D eigenvalue weighted by molar-refractivity contribution is 5.79. The van der Waals surface area contributed by atoms with Gasteiger partial charge in [0, 0.05) is 50.5 Å². The van der Waals surface area contributed by atoms with Gasteiger partial charge in [0.15, 0.2) is 5.96 Å². The van der Waals surface area contributed by atoms with Gasteiger partial charge in [0.05, 0.1) is 25.5 Å². The number of morpholine rings is 1. The Morgan fingerprint density at radius 2 is 1.93 bits per heavy atom. The molecule has 7 heteroatoms. The van der Waals surface area contributed by atoms with Gasteiger partial charge in [-0.3, -0.25) is 9.58 Å². The van der Waals surface area contributed by atoms with Crippen LogP contribution in [0.15, 0.2) is 4.99 Å². The van der Waals surface area contributed by atoms with Gasteiger partial charge < -0.3 is 15.4 Å². The molecule has 0 aromatic carbocycles. The lowest BCUT2D eigenvalue weighted by atomic mass is 10.0. The van der Waals surface area contributed by atoms with Crippen LogP contribution in [0, 0.1) is 19.8 Å². The topological polar surface area (TPSA) is 66.7 Å². The molecule has 1 aliphatic heterocycles. The monoisotopic (exact) mass is 378 g/mol. The number of hydrogen-bond donors (Lipinski definition) is 2. The van der Waals surface area contributed by atoms with E-state index in [9.17, 15) is 0 Å². The summed E-state index contributed by atoms with van der Waals surface area (Å²) in [7, 11) is 1.98. The van der Waals surface area contributed by atoms with Crippen LogP contribution in [0.25, 0.3) is 0 Å². The van der Waals surface area contributed by atoms with Crippen LogP contribution in [-0.4, -0.2) is 66.1 Å². The molecule has 2 heterocycles. The Hall–Kier alpha value is -1.60. The van der Waals surface area contributed by atoms with Gasteiger partial charge in [0.25, 0.3) is 0 Å². The number of aromatic nitrogens is 2. The number of rotatable bonds is 8. The Balaban J connectivity index is 2.01. The molecule has 0 amide bonds. The molecule has 0 bridgehead atoms. The van der Waals surface area contributed by atoms with Crippen molar-refractivity contribution in [2.24, 2.45) is 18.0 Å². The number of nitrogens with one attached hydrogen (secondary N) is 2. The maximum Gasteiger partial charge on any atom is 0.191 e. The third-order valence-corrected chi connectivity index (χ3v) is 5.21. The first-order chi connectivity index (χ1) is 12.9. The summed E-state index contributed by atoms with van der Waals surface area (Å²) in [4.78, 5) is 7.36. The van der Waals surface area contributed by atoms with E-state index >= 15 is 0 Å². The zero-order chi connectivity index (χ0) is 19.8. The van der Waals surface area contributed by atoms with Crippen LogP contribution >= 0.6 is 0 Å². The summed E-state index contributed by atoms with van der Waals surface area (Å²) in [6.07, 6.45) is 1.17. The zero-order valence-electron chi connectivity index (χ0n) is 18.0. The van der Waals surface area contributed by atoms with E-state index in [1.807, 2.05) is 11.7 Å². The van der Waals surface area contributed by atoms with E-state index < -0.39 is 0 Å². The molecule has 1 aliphatic rings. The minimum atomic E-state index is 0.500. The molecule has 1 fully saturated rings. The Morgan fingerprint density at radius 1 is 1.22 bits per heavy atom.